The Balaban J connectivity index is 1.54. The second kappa shape index (κ2) is 49.8. The molecule has 79 heavy (non-hydrogen) atoms. The molecule has 9 N–H and O–H groups in total. The van der Waals surface area contributed by atoms with Gasteiger partial charge in [-0.15, -0.1) is 0 Å². The molecule has 1 amide bonds. The quantitative estimate of drug-likeness (QED) is 0.0204. The van der Waals surface area contributed by atoms with E-state index in [0.717, 1.165) is 77.0 Å². The number of ether oxygens (including phenoxy) is 4. The molecule has 0 saturated carbocycles. The molecule has 2 aliphatic heterocycles. The fourth-order valence-electron chi connectivity index (χ4n) is 9.79. The summed E-state index contributed by atoms with van der Waals surface area (Å²) >= 11 is 0. The predicted octanol–water partition coefficient (Wildman–Crippen LogP) is 11.3. The van der Waals surface area contributed by atoms with Gasteiger partial charge in [0.2, 0.25) is 5.91 Å². The van der Waals surface area contributed by atoms with Gasteiger partial charge in [-0.3, -0.25) is 4.79 Å². The highest BCUT2D eigenvalue weighted by molar-refractivity contribution is 5.76. The molecule has 2 fully saturated rings. The average molecular weight is 1120 g/mol. The van der Waals surface area contributed by atoms with Crippen molar-refractivity contribution < 1.29 is 64.6 Å². The van der Waals surface area contributed by atoms with E-state index in [1.807, 2.05) is 6.08 Å². The molecular formula is C65H113NO13. The summed E-state index contributed by atoms with van der Waals surface area (Å²) in [4.78, 5) is 13.2. The molecule has 0 spiro atoms. The Bertz CT molecular complexity index is 1650. The summed E-state index contributed by atoms with van der Waals surface area (Å²) in [7, 11) is 0. The van der Waals surface area contributed by atoms with E-state index in [1.54, 1.807) is 6.08 Å². The van der Waals surface area contributed by atoms with Gasteiger partial charge in [-0.2, -0.15) is 0 Å². The van der Waals surface area contributed by atoms with Crippen LogP contribution in [0.15, 0.2) is 85.1 Å². The lowest BCUT2D eigenvalue weighted by atomic mass is 9.97. The Morgan fingerprint density at radius 1 is 0.468 bits per heavy atom. The van der Waals surface area contributed by atoms with Crippen molar-refractivity contribution in [1.29, 1.82) is 0 Å². The minimum Gasteiger partial charge on any atom is -0.394 e. The SMILES string of the molecule is CC/C=C\C/C=C\C/C=C\C/C=C\C/C=C\CCCCCCCCCCCCCCCCCCCCCCCC(=O)NC(COC1OC(CO)C(OC2OC(CO)C(O)C(O)C2O)C(O)C1O)C(O)/C=C/CC/C=C/CCCC. The number of hydrogen-bond acceptors (Lipinski definition) is 13. The Morgan fingerprint density at radius 2 is 0.886 bits per heavy atom. The van der Waals surface area contributed by atoms with Crippen molar-refractivity contribution in [1.82, 2.24) is 5.32 Å². The van der Waals surface area contributed by atoms with Crippen molar-refractivity contribution in [2.24, 2.45) is 0 Å². The van der Waals surface area contributed by atoms with Crippen LogP contribution < -0.4 is 5.32 Å². The number of hydrogen-bond donors (Lipinski definition) is 9. The topological polar surface area (TPSA) is 228 Å². The van der Waals surface area contributed by atoms with Crippen LogP contribution in [0.5, 0.6) is 0 Å². The Labute approximate surface area is 478 Å². The van der Waals surface area contributed by atoms with Gasteiger partial charge < -0.3 is 65.1 Å². The minimum absolute atomic E-state index is 0.253. The number of carbonyl (C=O) groups excluding carboxylic acids is 1. The maximum absolute atomic E-state index is 13.2. The molecule has 14 nitrogen and oxygen atoms in total. The number of nitrogens with one attached hydrogen (secondary N) is 1. The molecule has 12 atom stereocenters. The highest BCUT2D eigenvalue weighted by Crippen LogP contribution is 2.30. The first kappa shape index (κ1) is 72.3. The van der Waals surface area contributed by atoms with Crippen molar-refractivity contribution in [2.75, 3.05) is 19.8 Å². The Kier molecular flexibility index (Phi) is 45.5. The van der Waals surface area contributed by atoms with Crippen LogP contribution in [0.25, 0.3) is 0 Å². The summed E-state index contributed by atoms with van der Waals surface area (Å²) in [5, 5.41) is 86.7. The van der Waals surface area contributed by atoms with E-state index >= 15 is 0 Å². The average Bonchev–Trinajstić information content (AvgIpc) is 3.47. The number of carbonyl (C=O) groups is 1. The summed E-state index contributed by atoms with van der Waals surface area (Å²) in [6.07, 6.45) is 51.2. The lowest BCUT2D eigenvalue weighted by Crippen LogP contribution is -2.65. The van der Waals surface area contributed by atoms with Crippen LogP contribution in [0.4, 0.5) is 0 Å². The Hall–Kier alpha value is -2.83. The third-order valence-corrected chi connectivity index (χ3v) is 14.8. The molecule has 0 aromatic rings. The van der Waals surface area contributed by atoms with E-state index in [1.165, 1.54) is 116 Å². The van der Waals surface area contributed by atoms with Gasteiger partial charge in [-0.25, -0.2) is 0 Å². The van der Waals surface area contributed by atoms with Crippen LogP contribution in [-0.4, -0.2) is 140 Å². The molecule has 456 valence electrons. The fourth-order valence-corrected chi connectivity index (χ4v) is 9.79. The predicted molar refractivity (Wildman–Crippen MR) is 318 cm³/mol. The molecule has 14 heteroatoms. The number of aliphatic hydroxyl groups excluding tert-OH is 8. The van der Waals surface area contributed by atoms with Crippen LogP contribution in [-0.2, 0) is 23.7 Å². The van der Waals surface area contributed by atoms with E-state index in [-0.39, 0.29) is 18.9 Å². The second-order valence-electron chi connectivity index (χ2n) is 21.8. The van der Waals surface area contributed by atoms with Crippen molar-refractivity contribution >= 4 is 5.91 Å². The molecule has 0 bridgehead atoms. The standard InChI is InChI=1S/C65H113NO13/c1-3-5-7-9-11-13-14-15-16-17-18-19-20-21-22-23-24-25-26-27-28-29-30-31-32-33-34-35-36-37-38-39-40-41-43-45-47-49-57(70)66-53(54(69)48-46-44-42-12-10-8-6-4-2)52-76-64-62(75)60(73)63(56(51-68)78-64)79-65-61(74)59(72)58(71)55(50-67)77-65/h5,7,10-13,15-16,18-19,21-22,46,48,53-56,58-65,67-69,71-75H,3-4,6,8-9,14,17,20,23-45,47,49-52H2,1-2H3,(H,66,70)/b7-5-,12-10+,13-11-,16-15-,19-18-,22-21-,48-46+. The summed E-state index contributed by atoms with van der Waals surface area (Å²) in [5.74, 6) is -0.253. The monoisotopic (exact) mass is 1120 g/mol. The third kappa shape index (κ3) is 35.0. The first-order valence-electron chi connectivity index (χ1n) is 31.3. The number of rotatable bonds is 49. The van der Waals surface area contributed by atoms with Gasteiger partial charge in [0.1, 0.15) is 48.8 Å². The summed E-state index contributed by atoms with van der Waals surface area (Å²) in [5.41, 5.74) is 0. The number of amides is 1. The van der Waals surface area contributed by atoms with E-state index in [0.29, 0.717) is 12.8 Å². The van der Waals surface area contributed by atoms with Gasteiger partial charge in [0.25, 0.3) is 0 Å². The van der Waals surface area contributed by atoms with Crippen LogP contribution in [0.3, 0.4) is 0 Å². The summed E-state index contributed by atoms with van der Waals surface area (Å²) in [6.45, 7) is 2.57. The van der Waals surface area contributed by atoms with Crippen LogP contribution in [0, 0.1) is 0 Å². The Morgan fingerprint density at radius 3 is 1.39 bits per heavy atom. The van der Waals surface area contributed by atoms with Gasteiger partial charge in [-0.05, 0) is 70.6 Å². The minimum atomic E-state index is -1.79. The van der Waals surface area contributed by atoms with Gasteiger partial charge in [0.15, 0.2) is 12.6 Å². The van der Waals surface area contributed by atoms with Gasteiger partial charge >= 0.3 is 0 Å². The zero-order chi connectivity index (χ0) is 57.4. The van der Waals surface area contributed by atoms with E-state index in [9.17, 15) is 45.6 Å². The number of unbranched alkanes of at least 4 members (excludes halogenated alkanes) is 24. The molecular weight excluding hydrogens is 1000 g/mol. The second-order valence-corrected chi connectivity index (χ2v) is 21.8. The van der Waals surface area contributed by atoms with Crippen molar-refractivity contribution in [2.45, 2.75) is 299 Å². The van der Waals surface area contributed by atoms with Crippen LogP contribution >= 0.6 is 0 Å². The molecule has 2 heterocycles. The van der Waals surface area contributed by atoms with Gasteiger partial charge in [0.05, 0.1) is 32.0 Å². The molecule has 0 aromatic heterocycles. The maximum Gasteiger partial charge on any atom is 0.220 e. The van der Waals surface area contributed by atoms with Crippen LogP contribution in [0.1, 0.15) is 226 Å². The highest BCUT2D eigenvalue weighted by atomic mass is 16.7. The summed E-state index contributed by atoms with van der Waals surface area (Å²) < 4.78 is 22.7. The first-order chi connectivity index (χ1) is 38.6. The van der Waals surface area contributed by atoms with E-state index in [2.05, 4.69) is 92.1 Å². The molecule has 2 rings (SSSR count). The van der Waals surface area contributed by atoms with Crippen LogP contribution in [0.2, 0.25) is 0 Å². The zero-order valence-electron chi connectivity index (χ0n) is 49.1. The highest BCUT2D eigenvalue weighted by Gasteiger charge is 2.51. The molecule has 0 aliphatic carbocycles. The van der Waals surface area contributed by atoms with E-state index in [4.69, 9.17) is 18.9 Å². The number of allylic oxidation sites excluding steroid dienone is 13. The first-order valence-corrected chi connectivity index (χ1v) is 31.3. The number of aliphatic hydroxyl groups is 8. The lowest BCUT2D eigenvalue weighted by molar-refractivity contribution is -0.359. The molecule has 12 unspecified atom stereocenters. The largest absolute Gasteiger partial charge is 0.394 e. The molecule has 0 aromatic carbocycles. The zero-order valence-corrected chi connectivity index (χ0v) is 49.1. The van der Waals surface area contributed by atoms with Crippen molar-refractivity contribution in [3.8, 4) is 0 Å². The maximum atomic E-state index is 13.2. The summed E-state index contributed by atoms with van der Waals surface area (Å²) in [6, 6.07) is -0.930. The van der Waals surface area contributed by atoms with E-state index < -0.39 is 86.8 Å². The normalized spacial score (nSPS) is 25.0. The fraction of sp³-hybridized carbons (Fsp3) is 0.769. The van der Waals surface area contributed by atoms with Crippen molar-refractivity contribution in [3.05, 3.63) is 85.1 Å². The van der Waals surface area contributed by atoms with Gasteiger partial charge in [-0.1, -0.05) is 234 Å². The van der Waals surface area contributed by atoms with Crippen molar-refractivity contribution in [3.63, 3.8) is 0 Å². The van der Waals surface area contributed by atoms with Gasteiger partial charge in [0, 0.05) is 6.42 Å². The smallest absolute Gasteiger partial charge is 0.220 e. The lowest BCUT2D eigenvalue weighted by Gasteiger charge is -2.46. The molecule has 2 aliphatic rings. The third-order valence-electron chi connectivity index (χ3n) is 14.8. The molecule has 2 saturated heterocycles. The molecule has 0 radical (unpaired) electrons.